The second-order valence-electron chi connectivity index (χ2n) is 4.21. The van der Waals surface area contributed by atoms with Crippen molar-refractivity contribution >= 4 is 21.9 Å². The molecule has 0 aliphatic heterocycles. The Bertz CT molecular complexity index is 469. The minimum absolute atomic E-state index is 0.0428. The lowest BCUT2D eigenvalue weighted by Crippen LogP contribution is -2.09. The van der Waals surface area contributed by atoms with Gasteiger partial charge in [-0.05, 0) is 32.9 Å². The van der Waals surface area contributed by atoms with E-state index in [1.807, 2.05) is 32.0 Å². The fraction of sp³-hybridized carbons (Fsp3) is 0.400. The summed E-state index contributed by atoms with van der Waals surface area (Å²) in [5.74, 6) is 1.24. The topological polar surface area (TPSA) is 44.8 Å². The molecule has 4 nitrogen and oxygen atoms in total. The van der Waals surface area contributed by atoms with Crippen molar-refractivity contribution < 1.29 is 19.0 Å². The summed E-state index contributed by atoms with van der Waals surface area (Å²) in [6.07, 6.45) is 1.37. The summed E-state index contributed by atoms with van der Waals surface area (Å²) in [6.45, 7) is 5.97. The zero-order valence-corrected chi connectivity index (χ0v) is 13.5. The molecule has 1 rings (SSSR count). The number of alkyl halides is 1. The average Bonchev–Trinajstić information content (AvgIpc) is 2.39. The monoisotopic (exact) mass is 342 g/mol. The second-order valence-corrected chi connectivity index (χ2v) is 4.77. The number of esters is 1. The third kappa shape index (κ3) is 5.65. The van der Waals surface area contributed by atoms with Crippen LogP contribution in [0.2, 0.25) is 0 Å². The minimum atomic E-state index is -0.427. The number of allylic oxidation sites excluding steroid dienone is 1. The van der Waals surface area contributed by atoms with Gasteiger partial charge in [-0.25, -0.2) is 4.79 Å². The van der Waals surface area contributed by atoms with Crippen molar-refractivity contribution in [2.24, 2.45) is 0 Å². The van der Waals surface area contributed by atoms with Crippen LogP contribution < -0.4 is 9.47 Å². The Morgan fingerprint density at radius 2 is 1.95 bits per heavy atom. The van der Waals surface area contributed by atoms with Gasteiger partial charge in [0, 0.05) is 0 Å². The zero-order valence-electron chi connectivity index (χ0n) is 11.9. The maximum absolute atomic E-state index is 11.4. The van der Waals surface area contributed by atoms with Gasteiger partial charge in [-0.3, -0.25) is 0 Å². The molecule has 0 spiro atoms. The van der Waals surface area contributed by atoms with Crippen LogP contribution in [-0.4, -0.2) is 24.0 Å². The highest BCUT2D eigenvalue weighted by Gasteiger charge is 2.10. The summed E-state index contributed by atoms with van der Waals surface area (Å²) >= 11 is 3.29. The van der Waals surface area contributed by atoms with E-state index in [-0.39, 0.29) is 6.10 Å². The van der Waals surface area contributed by atoms with Crippen LogP contribution in [0.1, 0.15) is 20.8 Å². The van der Waals surface area contributed by atoms with Crippen molar-refractivity contribution in [3.8, 4) is 11.5 Å². The summed E-state index contributed by atoms with van der Waals surface area (Å²) < 4.78 is 16.2. The molecule has 0 radical (unpaired) electrons. The van der Waals surface area contributed by atoms with Crippen LogP contribution in [0.25, 0.3) is 0 Å². The molecule has 0 unspecified atom stereocenters. The van der Waals surface area contributed by atoms with Gasteiger partial charge in [0.1, 0.15) is 5.76 Å². The van der Waals surface area contributed by atoms with E-state index in [2.05, 4.69) is 15.9 Å². The van der Waals surface area contributed by atoms with Gasteiger partial charge in [-0.2, -0.15) is 0 Å². The first kappa shape index (κ1) is 16.6. The minimum Gasteiger partial charge on any atom is -0.487 e. The zero-order chi connectivity index (χ0) is 15.0. The lowest BCUT2D eigenvalue weighted by atomic mass is 10.3. The van der Waals surface area contributed by atoms with Gasteiger partial charge in [0.15, 0.2) is 11.5 Å². The molecule has 0 aliphatic rings. The van der Waals surface area contributed by atoms with Gasteiger partial charge in [0.2, 0.25) is 0 Å². The molecule has 0 amide bonds. The Labute approximate surface area is 127 Å². The molecular formula is C15H19BrO4. The Morgan fingerprint density at radius 1 is 1.30 bits per heavy atom. The molecule has 5 heteroatoms. The smallest absolute Gasteiger partial charge is 0.334 e. The van der Waals surface area contributed by atoms with Crippen LogP contribution in [-0.2, 0) is 9.53 Å². The molecule has 0 fully saturated rings. The lowest BCUT2D eigenvalue weighted by molar-refractivity contribution is -0.137. The number of carbonyl (C=O) groups is 1. The molecule has 0 bridgehead atoms. The SMILES string of the molecule is CCOC(=O)C=C(CBr)Oc1ccccc1OC(C)C. The largest absolute Gasteiger partial charge is 0.487 e. The number of hydrogen-bond acceptors (Lipinski definition) is 4. The molecule has 0 aliphatic carbocycles. The fourth-order valence-electron chi connectivity index (χ4n) is 1.44. The third-order valence-corrected chi connectivity index (χ3v) is 2.70. The first-order valence-corrected chi connectivity index (χ1v) is 7.55. The Morgan fingerprint density at radius 3 is 2.50 bits per heavy atom. The Balaban J connectivity index is 2.87. The van der Waals surface area contributed by atoms with E-state index in [0.29, 0.717) is 29.2 Å². The highest BCUT2D eigenvalue weighted by molar-refractivity contribution is 9.09. The first-order chi connectivity index (χ1) is 9.56. The number of rotatable bonds is 7. The summed E-state index contributed by atoms with van der Waals surface area (Å²) in [5.41, 5.74) is 0. The molecule has 0 N–H and O–H groups in total. The normalized spacial score (nSPS) is 11.3. The van der Waals surface area contributed by atoms with Crippen molar-refractivity contribution in [2.75, 3.05) is 11.9 Å². The molecule has 0 aromatic heterocycles. The molecule has 0 saturated heterocycles. The quantitative estimate of drug-likeness (QED) is 0.328. The first-order valence-electron chi connectivity index (χ1n) is 6.43. The lowest BCUT2D eigenvalue weighted by Gasteiger charge is -2.15. The van der Waals surface area contributed by atoms with Crippen molar-refractivity contribution in [1.29, 1.82) is 0 Å². The molecular weight excluding hydrogens is 324 g/mol. The predicted molar refractivity (Wildman–Crippen MR) is 81.3 cm³/mol. The average molecular weight is 343 g/mol. The van der Waals surface area contributed by atoms with Crippen LogP contribution >= 0.6 is 15.9 Å². The van der Waals surface area contributed by atoms with E-state index >= 15 is 0 Å². The Kier molecular flexibility index (Phi) is 7.15. The predicted octanol–water partition coefficient (Wildman–Crippen LogP) is 3.69. The van der Waals surface area contributed by atoms with Gasteiger partial charge >= 0.3 is 5.97 Å². The van der Waals surface area contributed by atoms with Crippen LogP contribution in [0.3, 0.4) is 0 Å². The standard InChI is InChI=1S/C15H19BrO4/c1-4-18-15(17)9-12(10-16)20-14-8-6-5-7-13(14)19-11(2)3/h5-9,11H,4,10H2,1-3H3. The summed E-state index contributed by atoms with van der Waals surface area (Å²) in [4.78, 5) is 11.4. The van der Waals surface area contributed by atoms with Gasteiger partial charge in [-0.1, -0.05) is 28.1 Å². The van der Waals surface area contributed by atoms with Crippen molar-refractivity contribution in [2.45, 2.75) is 26.9 Å². The van der Waals surface area contributed by atoms with E-state index in [1.165, 1.54) is 6.08 Å². The number of hydrogen-bond donors (Lipinski definition) is 0. The number of halogens is 1. The van der Waals surface area contributed by atoms with Crippen LogP contribution in [0.5, 0.6) is 11.5 Å². The molecule has 0 saturated carbocycles. The fourth-order valence-corrected chi connectivity index (χ4v) is 1.71. The summed E-state index contributed by atoms with van der Waals surface area (Å²) in [6, 6.07) is 7.33. The van der Waals surface area contributed by atoms with Crippen LogP contribution in [0.15, 0.2) is 36.1 Å². The number of carbonyl (C=O) groups excluding carboxylic acids is 1. The molecule has 1 aromatic rings. The second kappa shape index (κ2) is 8.64. The van der Waals surface area contributed by atoms with Gasteiger partial charge < -0.3 is 14.2 Å². The summed E-state index contributed by atoms with van der Waals surface area (Å²) in [7, 11) is 0. The van der Waals surface area contributed by atoms with Gasteiger partial charge in [-0.15, -0.1) is 0 Å². The van der Waals surface area contributed by atoms with Crippen molar-refractivity contribution in [3.63, 3.8) is 0 Å². The highest BCUT2D eigenvalue weighted by atomic mass is 79.9. The highest BCUT2D eigenvalue weighted by Crippen LogP contribution is 2.29. The molecule has 20 heavy (non-hydrogen) atoms. The van der Waals surface area contributed by atoms with E-state index < -0.39 is 5.97 Å². The molecule has 1 aromatic carbocycles. The van der Waals surface area contributed by atoms with E-state index in [0.717, 1.165) is 0 Å². The maximum atomic E-state index is 11.4. The van der Waals surface area contributed by atoms with Gasteiger partial charge in [0.05, 0.1) is 24.1 Å². The van der Waals surface area contributed by atoms with Gasteiger partial charge in [0.25, 0.3) is 0 Å². The Hall–Kier alpha value is -1.49. The van der Waals surface area contributed by atoms with E-state index in [1.54, 1.807) is 13.0 Å². The van der Waals surface area contributed by atoms with Crippen LogP contribution in [0.4, 0.5) is 0 Å². The number of benzene rings is 1. The molecule has 0 heterocycles. The molecule has 110 valence electrons. The van der Waals surface area contributed by atoms with Crippen molar-refractivity contribution in [3.05, 3.63) is 36.1 Å². The third-order valence-electron chi connectivity index (χ3n) is 2.15. The summed E-state index contributed by atoms with van der Waals surface area (Å²) in [5, 5.41) is 0.405. The van der Waals surface area contributed by atoms with E-state index in [4.69, 9.17) is 14.2 Å². The maximum Gasteiger partial charge on any atom is 0.334 e. The van der Waals surface area contributed by atoms with E-state index in [9.17, 15) is 4.79 Å². The molecule has 0 atom stereocenters. The number of ether oxygens (including phenoxy) is 3. The van der Waals surface area contributed by atoms with Crippen LogP contribution in [0, 0.1) is 0 Å². The van der Waals surface area contributed by atoms with Crippen molar-refractivity contribution in [1.82, 2.24) is 0 Å². The number of para-hydroxylation sites is 2.